The number of ether oxygens (including phenoxy) is 2. The molecule has 54 heavy (non-hydrogen) atoms. The van der Waals surface area contributed by atoms with Crippen molar-refractivity contribution in [2.75, 3.05) is 27.3 Å². The van der Waals surface area contributed by atoms with Gasteiger partial charge >= 0.3 is 12.2 Å². The van der Waals surface area contributed by atoms with Crippen LogP contribution in [0.25, 0.3) is 33.6 Å². The van der Waals surface area contributed by atoms with Gasteiger partial charge in [-0.15, -0.1) is 5.73 Å². The first-order valence-electron chi connectivity index (χ1n) is 17.5. The van der Waals surface area contributed by atoms with Gasteiger partial charge < -0.3 is 39.9 Å². The van der Waals surface area contributed by atoms with E-state index in [1.165, 1.54) is 14.2 Å². The van der Waals surface area contributed by atoms with E-state index in [9.17, 15) is 19.2 Å². The maximum absolute atomic E-state index is 13.3. The van der Waals surface area contributed by atoms with Crippen molar-refractivity contribution in [3.63, 3.8) is 0 Å². The fourth-order valence-electron chi connectivity index (χ4n) is 7.53. The summed E-state index contributed by atoms with van der Waals surface area (Å²) < 4.78 is 9.22. The number of imidazole rings is 2. The maximum atomic E-state index is 13.3. The Kier molecular flexibility index (Phi) is 10.5. The highest BCUT2D eigenvalue weighted by molar-refractivity contribution is 6.32. The molecule has 4 amide bonds. The molecular formula is C38H38Cl2N8O6. The topological polar surface area (TPSA) is 175 Å². The molecule has 16 heteroatoms. The van der Waals surface area contributed by atoms with Crippen LogP contribution >= 0.6 is 23.2 Å². The number of benzene rings is 2. The number of likely N-dealkylation sites (tertiary alicyclic amines) is 2. The van der Waals surface area contributed by atoms with Crippen LogP contribution in [0.1, 0.15) is 49.9 Å². The highest BCUT2D eigenvalue weighted by atomic mass is 35.5. The molecule has 4 heterocycles. The van der Waals surface area contributed by atoms with Crippen molar-refractivity contribution in [2.45, 2.75) is 50.4 Å². The average molecular weight is 774 g/mol. The van der Waals surface area contributed by atoms with Gasteiger partial charge in [-0.05, 0) is 49.5 Å². The number of hydrogen-bond donors (Lipinski definition) is 4. The summed E-state index contributed by atoms with van der Waals surface area (Å²) in [5.74, 6) is 0.742. The smallest absolute Gasteiger partial charge is 0.407 e. The van der Waals surface area contributed by atoms with Gasteiger partial charge in [0.15, 0.2) is 0 Å². The van der Waals surface area contributed by atoms with Crippen molar-refractivity contribution < 1.29 is 28.7 Å². The first kappa shape index (κ1) is 36.8. The summed E-state index contributed by atoms with van der Waals surface area (Å²) in [6.07, 6.45) is 4.60. The van der Waals surface area contributed by atoms with Crippen molar-refractivity contribution in [3.8, 4) is 33.6 Å². The Morgan fingerprint density at radius 2 is 1.22 bits per heavy atom. The predicted octanol–water partition coefficient (Wildman–Crippen LogP) is 6.19. The quantitative estimate of drug-likeness (QED) is 0.146. The van der Waals surface area contributed by atoms with Crippen molar-refractivity contribution in [1.29, 1.82) is 0 Å². The van der Waals surface area contributed by atoms with Crippen molar-refractivity contribution in [1.82, 2.24) is 40.4 Å². The summed E-state index contributed by atoms with van der Waals surface area (Å²) in [6.45, 7) is 1.58. The number of halogens is 2. The minimum atomic E-state index is -0.681. The fourth-order valence-corrected chi connectivity index (χ4v) is 8.03. The molecule has 14 nitrogen and oxygen atoms in total. The summed E-state index contributed by atoms with van der Waals surface area (Å²) >= 11 is 13.3. The third kappa shape index (κ3) is 7.20. The Morgan fingerprint density at radius 1 is 0.741 bits per heavy atom. The lowest BCUT2D eigenvalue weighted by Gasteiger charge is -2.27. The number of carbonyl (C=O) groups excluding carboxylic acids is 4. The second-order valence-corrected chi connectivity index (χ2v) is 14.1. The summed E-state index contributed by atoms with van der Waals surface area (Å²) in [7, 11) is 2.49. The van der Waals surface area contributed by atoms with Gasteiger partial charge in [-0.3, -0.25) is 9.59 Å². The summed E-state index contributed by atoms with van der Waals surface area (Å²) in [5.41, 5.74) is 7.81. The number of hydrogen-bond acceptors (Lipinski definition) is 8. The van der Waals surface area contributed by atoms with Gasteiger partial charge in [0, 0.05) is 23.1 Å². The standard InChI is InChI=1S/C38H38Cl2N8O6/c1-20-7-16-27(47(20)29(49)18-41-37(51)53-2)35-43-31(33(39)45-35)23-12-8-21(9-13-23)22-10-14-24(15-11-22)32-34(40)46-36(44-32)28-17-25-5-4-6-26(25)48(28)30(50)19-42-38(52)54-3/h5-6,8-15,20,25-28H,7,16-19H2,1-3H3,(H,41,51)(H,42,52)(H,43,45)(H,44,46). The van der Waals surface area contributed by atoms with E-state index in [2.05, 4.69) is 35.8 Å². The molecule has 0 saturated carbocycles. The first-order valence-corrected chi connectivity index (χ1v) is 18.2. The second kappa shape index (κ2) is 15.4. The molecule has 0 spiro atoms. The summed E-state index contributed by atoms with van der Waals surface area (Å²) in [5, 5.41) is 5.66. The minimum absolute atomic E-state index is 0.0300. The van der Waals surface area contributed by atoms with E-state index in [-0.39, 0.29) is 55.0 Å². The Balaban J connectivity index is 1.04. The van der Waals surface area contributed by atoms with Gasteiger partial charge in [0.1, 0.15) is 46.4 Å². The molecule has 2 saturated heterocycles. The van der Waals surface area contributed by atoms with Gasteiger partial charge in [-0.1, -0.05) is 71.7 Å². The number of fused-ring (bicyclic) bond motifs is 1. The van der Waals surface area contributed by atoms with Crippen LogP contribution in [0.2, 0.25) is 10.3 Å². The zero-order chi connectivity index (χ0) is 38.1. The van der Waals surface area contributed by atoms with E-state index in [1.807, 2.05) is 67.6 Å². The molecule has 1 aliphatic carbocycles. The Morgan fingerprint density at radius 3 is 1.74 bits per heavy atom. The highest BCUT2D eigenvalue weighted by Crippen LogP contribution is 2.43. The number of alkyl carbamates (subject to hydrolysis) is 2. The molecule has 0 bridgehead atoms. The maximum Gasteiger partial charge on any atom is 0.407 e. The van der Waals surface area contributed by atoms with E-state index in [1.54, 1.807) is 9.80 Å². The van der Waals surface area contributed by atoms with Crippen LogP contribution in [0.3, 0.4) is 0 Å². The van der Waals surface area contributed by atoms with E-state index >= 15 is 0 Å². The number of aromatic nitrogens is 4. The van der Waals surface area contributed by atoms with Crippen molar-refractivity contribution in [3.05, 3.63) is 88.4 Å². The molecule has 3 aliphatic rings. The number of carbonyl (C=O) groups is 4. The average Bonchev–Trinajstić information content (AvgIpc) is 4.02. The zero-order valence-electron chi connectivity index (χ0n) is 29.7. The molecule has 5 atom stereocenters. The third-order valence-corrected chi connectivity index (χ3v) is 10.7. The van der Waals surface area contributed by atoms with Gasteiger partial charge in [0.25, 0.3) is 0 Å². The molecule has 280 valence electrons. The fraction of sp³-hybridized carbons (Fsp3) is 0.342. The van der Waals surface area contributed by atoms with E-state index in [0.29, 0.717) is 46.2 Å². The molecule has 7 rings (SSSR count). The number of nitrogens with one attached hydrogen (secondary N) is 4. The Bertz CT molecular complexity index is 2140. The summed E-state index contributed by atoms with van der Waals surface area (Å²) in [6, 6.07) is 14.8. The molecular weight excluding hydrogens is 735 g/mol. The molecule has 5 unspecified atom stereocenters. The molecule has 2 fully saturated rings. The van der Waals surface area contributed by atoms with Crippen LogP contribution in [-0.2, 0) is 19.1 Å². The lowest BCUT2D eigenvalue weighted by molar-refractivity contribution is -0.133. The van der Waals surface area contributed by atoms with Crippen molar-refractivity contribution >= 4 is 47.2 Å². The SMILES string of the molecule is COC(=O)NCC(=O)N1C(C)CCC1c1nc(-c2ccc(-c3ccc(-c4nc(C5CC6C=C=CC6N5C(=O)CNC(=O)OC)[nH]c4Cl)cc3)cc2)c(Cl)[nH]1. The number of aromatic amines is 2. The molecule has 2 aromatic carbocycles. The lowest BCUT2D eigenvalue weighted by atomic mass is 10.0. The number of H-pyrrole nitrogens is 2. The first-order chi connectivity index (χ1) is 26.1. The van der Waals surface area contributed by atoms with Gasteiger partial charge in [-0.25, -0.2) is 19.6 Å². The number of amides is 4. The summed E-state index contributed by atoms with van der Waals surface area (Å²) in [4.78, 5) is 68.9. The zero-order valence-corrected chi connectivity index (χ0v) is 31.2. The minimum Gasteiger partial charge on any atom is -0.453 e. The second-order valence-electron chi connectivity index (χ2n) is 13.4. The van der Waals surface area contributed by atoms with Crippen LogP contribution in [0, 0.1) is 5.92 Å². The van der Waals surface area contributed by atoms with Gasteiger partial charge in [0.05, 0.1) is 32.3 Å². The number of methoxy groups -OCH3 is 2. The van der Waals surface area contributed by atoms with Crippen molar-refractivity contribution in [2.24, 2.45) is 5.92 Å². The normalized spacial score (nSPS) is 21.3. The lowest BCUT2D eigenvalue weighted by Crippen LogP contribution is -2.43. The molecule has 0 radical (unpaired) electrons. The largest absolute Gasteiger partial charge is 0.453 e. The van der Waals surface area contributed by atoms with Crippen LogP contribution < -0.4 is 10.6 Å². The predicted molar refractivity (Wildman–Crippen MR) is 200 cm³/mol. The monoisotopic (exact) mass is 772 g/mol. The van der Waals surface area contributed by atoms with Crippen LogP contribution in [0.5, 0.6) is 0 Å². The molecule has 2 aliphatic heterocycles. The van der Waals surface area contributed by atoms with E-state index < -0.39 is 12.2 Å². The van der Waals surface area contributed by atoms with E-state index in [4.69, 9.17) is 33.2 Å². The highest BCUT2D eigenvalue weighted by Gasteiger charge is 2.45. The molecule has 2 aromatic heterocycles. The third-order valence-electron chi connectivity index (χ3n) is 10.2. The molecule has 4 N–H and O–H groups in total. The van der Waals surface area contributed by atoms with Crippen LogP contribution in [-0.4, -0.2) is 93.1 Å². The van der Waals surface area contributed by atoms with Crippen LogP contribution in [0.4, 0.5) is 9.59 Å². The number of rotatable bonds is 9. The van der Waals surface area contributed by atoms with E-state index in [0.717, 1.165) is 28.7 Å². The number of nitrogens with zero attached hydrogens (tertiary/aromatic N) is 4. The van der Waals surface area contributed by atoms with Gasteiger partial charge in [-0.2, -0.15) is 0 Å². The molecule has 4 aromatic rings. The Labute approximate surface area is 320 Å². The van der Waals surface area contributed by atoms with Crippen LogP contribution in [0.15, 0.2) is 66.4 Å². The Hall–Kier alpha value is -5.56. The van der Waals surface area contributed by atoms with Gasteiger partial charge in [0.2, 0.25) is 11.8 Å².